The molecule has 2 N–H and O–H groups in total. The van der Waals surface area contributed by atoms with Gasteiger partial charge in [-0.05, 0) is 43.4 Å². The smallest absolute Gasteiger partial charge is 0.248 e. The molecule has 1 saturated carbocycles. The molecule has 1 aromatic carbocycles. The fourth-order valence-corrected chi connectivity index (χ4v) is 2.43. The van der Waals surface area contributed by atoms with Gasteiger partial charge in [0.15, 0.2) is 0 Å². The van der Waals surface area contributed by atoms with E-state index in [0.29, 0.717) is 12.2 Å². The number of hydrogen-bond acceptors (Lipinski definition) is 3. The predicted molar refractivity (Wildman–Crippen MR) is 83.7 cm³/mol. The first-order valence-electron chi connectivity index (χ1n) is 7.40. The summed E-state index contributed by atoms with van der Waals surface area (Å²) in [5.41, 5.74) is 2.78. The van der Waals surface area contributed by atoms with Crippen molar-refractivity contribution in [2.75, 3.05) is 5.32 Å². The Labute approximate surface area is 130 Å². The van der Waals surface area contributed by atoms with Crippen LogP contribution >= 0.6 is 0 Å². The van der Waals surface area contributed by atoms with Crippen LogP contribution in [0.3, 0.4) is 0 Å². The highest BCUT2D eigenvalue weighted by Gasteiger charge is 2.09. The molecule has 5 heteroatoms. The number of rotatable bonds is 5. The van der Waals surface area contributed by atoms with Crippen LogP contribution in [-0.4, -0.2) is 11.8 Å². The van der Waals surface area contributed by atoms with Crippen molar-refractivity contribution < 1.29 is 9.59 Å². The molecule has 0 aliphatic heterocycles. The fourth-order valence-electron chi connectivity index (χ4n) is 2.43. The molecular weight excluding hydrogens is 278 g/mol. The molecule has 0 bridgehead atoms. The quantitative estimate of drug-likeness (QED) is 0.820. The molecule has 22 heavy (non-hydrogen) atoms. The van der Waals surface area contributed by atoms with E-state index in [1.54, 1.807) is 12.1 Å². The minimum atomic E-state index is -0.303. The lowest BCUT2D eigenvalue weighted by molar-refractivity contribution is -0.120. The van der Waals surface area contributed by atoms with E-state index in [4.69, 9.17) is 5.26 Å². The summed E-state index contributed by atoms with van der Waals surface area (Å²) in [5, 5.41) is 13.9. The van der Waals surface area contributed by atoms with E-state index in [-0.39, 0.29) is 18.2 Å². The summed E-state index contributed by atoms with van der Waals surface area (Å²) in [6.45, 7) is 0.339. The maximum absolute atomic E-state index is 11.9. The van der Waals surface area contributed by atoms with Crippen molar-refractivity contribution in [2.24, 2.45) is 0 Å². The average Bonchev–Trinajstić information content (AvgIpc) is 2.98. The van der Waals surface area contributed by atoms with Gasteiger partial charge in [-0.25, -0.2) is 0 Å². The van der Waals surface area contributed by atoms with Crippen LogP contribution < -0.4 is 10.6 Å². The van der Waals surface area contributed by atoms with Crippen molar-refractivity contribution in [3.05, 3.63) is 41.5 Å². The number of nitrogens with zero attached hydrogens (tertiary/aromatic N) is 1. The van der Waals surface area contributed by atoms with Gasteiger partial charge in [-0.3, -0.25) is 9.59 Å². The number of carbonyl (C=O) groups excluding carboxylic acids is 2. The maximum atomic E-state index is 11.9. The summed E-state index contributed by atoms with van der Waals surface area (Å²) in [4.78, 5) is 23.2. The second kappa shape index (κ2) is 7.99. The van der Waals surface area contributed by atoms with Crippen molar-refractivity contribution in [2.45, 2.75) is 38.6 Å². The highest BCUT2D eigenvalue weighted by atomic mass is 16.2. The van der Waals surface area contributed by atoms with Crippen molar-refractivity contribution in [3.8, 4) is 6.07 Å². The molecule has 114 valence electrons. The molecule has 0 heterocycles. The van der Waals surface area contributed by atoms with Gasteiger partial charge < -0.3 is 10.6 Å². The van der Waals surface area contributed by atoms with E-state index < -0.39 is 0 Å². The first-order chi connectivity index (χ1) is 10.7. The Bertz CT molecular complexity index is 621. The number of anilines is 1. The average molecular weight is 297 g/mol. The second-order valence-electron chi connectivity index (χ2n) is 5.31. The lowest BCUT2D eigenvalue weighted by atomic mass is 10.2. The van der Waals surface area contributed by atoms with Crippen LogP contribution in [0.1, 0.15) is 37.7 Å². The van der Waals surface area contributed by atoms with Crippen LogP contribution in [-0.2, 0) is 16.1 Å². The van der Waals surface area contributed by atoms with Gasteiger partial charge >= 0.3 is 0 Å². The van der Waals surface area contributed by atoms with Crippen molar-refractivity contribution in [3.63, 3.8) is 0 Å². The summed E-state index contributed by atoms with van der Waals surface area (Å²) >= 11 is 0. The Morgan fingerprint density at radius 1 is 1.27 bits per heavy atom. The third-order valence-corrected chi connectivity index (χ3v) is 3.50. The monoisotopic (exact) mass is 297 g/mol. The topological polar surface area (TPSA) is 82.0 Å². The van der Waals surface area contributed by atoms with Crippen molar-refractivity contribution >= 4 is 17.5 Å². The highest BCUT2D eigenvalue weighted by Crippen LogP contribution is 2.23. The number of hydrogen-bond donors (Lipinski definition) is 2. The van der Waals surface area contributed by atoms with Gasteiger partial charge in [-0.1, -0.05) is 17.7 Å². The van der Waals surface area contributed by atoms with Crippen LogP contribution in [0.4, 0.5) is 5.69 Å². The Kier molecular flexibility index (Phi) is 5.73. The van der Waals surface area contributed by atoms with Crippen molar-refractivity contribution in [1.82, 2.24) is 5.32 Å². The van der Waals surface area contributed by atoms with E-state index >= 15 is 0 Å². The second-order valence-corrected chi connectivity index (χ2v) is 5.31. The Morgan fingerprint density at radius 3 is 2.77 bits per heavy atom. The van der Waals surface area contributed by atoms with E-state index in [2.05, 4.69) is 10.6 Å². The molecule has 1 aliphatic rings. The van der Waals surface area contributed by atoms with Crippen LogP contribution in [0.25, 0.3) is 0 Å². The van der Waals surface area contributed by atoms with Crippen LogP contribution in [0.5, 0.6) is 0 Å². The number of nitriles is 1. The van der Waals surface area contributed by atoms with Gasteiger partial charge in [0.05, 0.1) is 6.07 Å². The lowest BCUT2D eigenvalue weighted by Gasteiger charge is -2.07. The number of carbonyl (C=O) groups is 2. The van der Waals surface area contributed by atoms with E-state index in [0.717, 1.165) is 31.2 Å². The maximum Gasteiger partial charge on any atom is 0.248 e. The van der Waals surface area contributed by atoms with E-state index in [9.17, 15) is 9.59 Å². The first-order valence-corrected chi connectivity index (χ1v) is 7.40. The molecule has 1 aromatic rings. The fraction of sp³-hybridized carbons (Fsp3) is 0.353. The summed E-state index contributed by atoms with van der Waals surface area (Å²) in [6, 6.07) is 9.11. The molecule has 2 rings (SSSR count). The van der Waals surface area contributed by atoms with Crippen molar-refractivity contribution in [1.29, 1.82) is 5.26 Å². The van der Waals surface area contributed by atoms with Crippen LogP contribution in [0, 0.1) is 11.3 Å². The summed E-state index contributed by atoms with van der Waals surface area (Å²) in [5.74, 6) is -0.412. The Balaban J connectivity index is 1.90. The van der Waals surface area contributed by atoms with Crippen LogP contribution in [0.15, 0.2) is 35.9 Å². The molecule has 2 amide bonds. The molecule has 0 unspecified atom stereocenters. The van der Waals surface area contributed by atoms with E-state index in [1.165, 1.54) is 5.57 Å². The molecule has 1 aliphatic carbocycles. The third kappa shape index (κ3) is 5.06. The van der Waals surface area contributed by atoms with Gasteiger partial charge in [0.2, 0.25) is 11.8 Å². The Hall–Kier alpha value is -2.61. The largest absolute Gasteiger partial charge is 0.351 e. The third-order valence-electron chi connectivity index (χ3n) is 3.50. The minimum absolute atomic E-state index is 0.109. The first kappa shape index (κ1) is 15.8. The summed E-state index contributed by atoms with van der Waals surface area (Å²) < 4.78 is 0. The van der Waals surface area contributed by atoms with Gasteiger partial charge in [0.25, 0.3) is 0 Å². The molecule has 0 aromatic heterocycles. The normalized spacial score (nSPS) is 13.3. The highest BCUT2D eigenvalue weighted by molar-refractivity contribution is 5.99. The molecule has 0 saturated heterocycles. The van der Waals surface area contributed by atoms with Gasteiger partial charge in [0.1, 0.15) is 6.42 Å². The zero-order valence-electron chi connectivity index (χ0n) is 12.4. The number of nitrogens with one attached hydrogen (secondary N) is 2. The molecular formula is C17H19N3O2. The number of allylic oxidation sites excluding steroid dienone is 1. The van der Waals surface area contributed by atoms with Gasteiger partial charge in [-0.2, -0.15) is 5.26 Å². The minimum Gasteiger partial charge on any atom is -0.351 e. The SMILES string of the molecule is N#CCC(=O)NCc1cccc(NC(=O)C=C2CCCC2)c1. The predicted octanol–water partition coefficient (Wildman–Crippen LogP) is 2.66. The number of amides is 2. The molecule has 0 radical (unpaired) electrons. The zero-order chi connectivity index (χ0) is 15.8. The van der Waals surface area contributed by atoms with Gasteiger partial charge in [-0.15, -0.1) is 0 Å². The summed E-state index contributed by atoms with van der Waals surface area (Å²) in [7, 11) is 0. The zero-order valence-corrected chi connectivity index (χ0v) is 12.4. The molecule has 0 spiro atoms. The van der Waals surface area contributed by atoms with Crippen LogP contribution in [0.2, 0.25) is 0 Å². The standard InChI is InChI=1S/C17H19N3O2/c18-9-8-16(21)19-12-14-6-3-7-15(10-14)20-17(22)11-13-4-1-2-5-13/h3,6-7,10-11H,1-2,4-5,8,12H2,(H,19,21)(H,20,22). The summed E-state index contributed by atoms with van der Waals surface area (Å²) in [6.07, 6.45) is 5.89. The molecule has 1 fully saturated rings. The van der Waals surface area contributed by atoms with Gasteiger partial charge in [0, 0.05) is 18.3 Å². The lowest BCUT2D eigenvalue weighted by Crippen LogP contribution is -2.21. The Morgan fingerprint density at radius 2 is 2.05 bits per heavy atom. The van der Waals surface area contributed by atoms with E-state index in [1.807, 2.05) is 24.3 Å². The molecule has 0 atom stereocenters. The molecule has 5 nitrogen and oxygen atoms in total. The number of benzene rings is 1.